The van der Waals surface area contributed by atoms with Gasteiger partial charge in [0.05, 0.1) is 12.7 Å². The first-order valence-electron chi connectivity index (χ1n) is 10.2. The minimum absolute atomic E-state index is 0.0370. The standard InChI is InChI=1S/C21H31NO3S/c1-25-21(24)19-16-11-7-2-3-8-12-17(16)26-20(19)22-18(23)14-13-15-9-5-4-6-10-15/h15H,2-14H2,1H3,(H,22,23). The van der Waals surface area contributed by atoms with E-state index < -0.39 is 0 Å². The fourth-order valence-corrected chi connectivity index (χ4v) is 5.62. The van der Waals surface area contributed by atoms with E-state index in [-0.39, 0.29) is 11.9 Å². The van der Waals surface area contributed by atoms with Crippen molar-refractivity contribution in [3.8, 4) is 0 Å². The fraction of sp³-hybridized carbons (Fsp3) is 0.714. The molecule has 0 saturated heterocycles. The lowest BCUT2D eigenvalue weighted by atomic mass is 9.86. The van der Waals surface area contributed by atoms with Gasteiger partial charge in [0.2, 0.25) is 5.91 Å². The minimum Gasteiger partial charge on any atom is -0.465 e. The Bertz CT molecular complexity index is 631. The van der Waals surface area contributed by atoms with Gasteiger partial charge in [-0.1, -0.05) is 44.9 Å². The molecule has 0 unspecified atom stereocenters. The Labute approximate surface area is 160 Å². The van der Waals surface area contributed by atoms with E-state index in [1.165, 1.54) is 56.9 Å². The van der Waals surface area contributed by atoms with E-state index in [0.717, 1.165) is 37.7 Å². The maximum atomic E-state index is 12.5. The van der Waals surface area contributed by atoms with Crippen LogP contribution < -0.4 is 5.32 Å². The Hall–Kier alpha value is -1.36. The molecule has 0 aromatic carbocycles. The summed E-state index contributed by atoms with van der Waals surface area (Å²) >= 11 is 1.59. The molecule has 26 heavy (non-hydrogen) atoms. The number of aryl methyl sites for hydroxylation is 1. The maximum Gasteiger partial charge on any atom is 0.341 e. The zero-order valence-corrected chi connectivity index (χ0v) is 16.7. The first-order valence-corrected chi connectivity index (χ1v) is 11.0. The number of fused-ring (bicyclic) bond motifs is 1. The van der Waals surface area contributed by atoms with Crippen molar-refractivity contribution in [1.82, 2.24) is 0 Å². The molecule has 0 radical (unpaired) electrons. The second-order valence-corrected chi connectivity index (χ2v) is 8.81. The lowest BCUT2D eigenvalue weighted by Crippen LogP contribution is -2.16. The fourth-order valence-electron chi connectivity index (χ4n) is 4.33. The topological polar surface area (TPSA) is 55.4 Å². The molecule has 0 aliphatic heterocycles. The Morgan fingerprint density at radius 3 is 2.46 bits per heavy atom. The highest BCUT2D eigenvalue weighted by Gasteiger charge is 2.26. The van der Waals surface area contributed by atoms with E-state index >= 15 is 0 Å². The summed E-state index contributed by atoms with van der Waals surface area (Å²) in [5.41, 5.74) is 1.73. The van der Waals surface area contributed by atoms with Gasteiger partial charge in [0.15, 0.2) is 0 Å². The van der Waals surface area contributed by atoms with E-state index in [0.29, 0.717) is 22.9 Å². The number of rotatable bonds is 5. The van der Waals surface area contributed by atoms with Crippen molar-refractivity contribution in [2.75, 3.05) is 12.4 Å². The Kier molecular flexibility index (Phi) is 7.12. The van der Waals surface area contributed by atoms with Crippen LogP contribution in [0.25, 0.3) is 0 Å². The van der Waals surface area contributed by atoms with Gasteiger partial charge in [0.1, 0.15) is 5.00 Å². The first-order chi connectivity index (χ1) is 12.7. The van der Waals surface area contributed by atoms with Gasteiger partial charge in [-0.3, -0.25) is 4.79 Å². The normalized spacial score (nSPS) is 18.5. The number of ether oxygens (including phenoxy) is 1. The van der Waals surface area contributed by atoms with Gasteiger partial charge in [-0.25, -0.2) is 4.79 Å². The van der Waals surface area contributed by atoms with Crippen LogP contribution in [0.2, 0.25) is 0 Å². The van der Waals surface area contributed by atoms with E-state index in [1.54, 1.807) is 11.3 Å². The number of anilines is 1. The van der Waals surface area contributed by atoms with Crippen molar-refractivity contribution in [2.45, 2.75) is 83.5 Å². The van der Waals surface area contributed by atoms with Crippen LogP contribution in [0.3, 0.4) is 0 Å². The molecule has 1 N–H and O–H groups in total. The average Bonchev–Trinajstić information content (AvgIpc) is 2.96. The smallest absolute Gasteiger partial charge is 0.341 e. The summed E-state index contributed by atoms with van der Waals surface area (Å²) in [7, 11) is 1.42. The molecule has 0 atom stereocenters. The number of hydrogen-bond donors (Lipinski definition) is 1. The predicted molar refractivity (Wildman–Crippen MR) is 106 cm³/mol. The molecule has 0 spiro atoms. The lowest BCUT2D eigenvalue weighted by Gasteiger charge is -2.20. The molecule has 0 bridgehead atoms. The first kappa shape index (κ1) is 19.4. The van der Waals surface area contributed by atoms with Gasteiger partial charge < -0.3 is 10.1 Å². The Balaban J connectivity index is 1.70. The zero-order valence-electron chi connectivity index (χ0n) is 15.9. The number of hydrogen-bond acceptors (Lipinski definition) is 4. The molecule has 3 rings (SSSR count). The summed E-state index contributed by atoms with van der Waals surface area (Å²) in [4.78, 5) is 26.2. The van der Waals surface area contributed by atoms with Crippen molar-refractivity contribution < 1.29 is 14.3 Å². The van der Waals surface area contributed by atoms with Gasteiger partial charge in [-0.05, 0) is 43.6 Å². The predicted octanol–water partition coefficient (Wildman–Crippen LogP) is 5.49. The van der Waals surface area contributed by atoms with E-state index in [1.807, 2.05) is 0 Å². The number of thiophene rings is 1. The maximum absolute atomic E-state index is 12.5. The Morgan fingerprint density at radius 1 is 1.04 bits per heavy atom. The molecule has 1 amide bonds. The SMILES string of the molecule is COC(=O)c1c(NC(=O)CCC2CCCCC2)sc2c1CCCCCC2. The van der Waals surface area contributed by atoms with Crippen molar-refractivity contribution in [3.63, 3.8) is 0 Å². The number of carbonyl (C=O) groups excluding carboxylic acids is 2. The average molecular weight is 378 g/mol. The van der Waals surface area contributed by atoms with Gasteiger partial charge in [0, 0.05) is 11.3 Å². The molecule has 1 heterocycles. The molecule has 1 aromatic heterocycles. The van der Waals surface area contributed by atoms with Gasteiger partial charge in [-0.2, -0.15) is 0 Å². The molecular formula is C21H31NO3S. The molecule has 5 heteroatoms. The summed E-state index contributed by atoms with van der Waals surface area (Å²) in [6.45, 7) is 0. The summed E-state index contributed by atoms with van der Waals surface area (Å²) in [6.07, 6.45) is 14.6. The van der Waals surface area contributed by atoms with Crippen LogP contribution in [0, 0.1) is 5.92 Å². The highest BCUT2D eigenvalue weighted by atomic mass is 32.1. The largest absolute Gasteiger partial charge is 0.465 e. The molecule has 1 fully saturated rings. The number of methoxy groups -OCH3 is 1. The van der Waals surface area contributed by atoms with Crippen molar-refractivity contribution >= 4 is 28.2 Å². The molecular weight excluding hydrogens is 346 g/mol. The minimum atomic E-state index is -0.314. The molecule has 1 aromatic rings. The Morgan fingerprint density at radius 2 is 1.73 bits per heavy atom. The van der Waals surface area contributed by atoms with Crippen LogP contribution in [-0.2, 0) is 22.4 Å². The third-order valence-electron chi connectivity index (χ3n) is 5.82. The van der Waals surface area contributed by atoms with Crippen molar-refractivity contribution in [2.24, 2.45) is 5.92 Å². The van der Waals surface area contributed by atoms with E-state index in [4.69, 9.17) is 4.74 Å². The number of carbonyl (C=O) groups is 2. The quantitative estimate of drug-likeness (QED) is 0.690. The molecule has 1 saturated carbocycles. The lowest BCUT2D eigenvalue weighted by molar-refractivity contribution is -0.116. The zero-order chi connectivity index (χ0) is 18.4. The molecule has 2 aliphatic carbocycles. The van der Waals surface area contributed by atoms with Crippen molar-refractivity contribution in [3.05, 3.63) is 16.0 Å². The highest BCUT2D eigenvalue weighted by Crippen LogP contribution is 2.38. The summed E-state index contributed by atoms with van der Waals surface area (Å²) < 4.78 is 5.03. The van der Waals surface area contributed by atoms with Crippen LogP contribution in [0.4, 0.5) is 5.00 Å². The monoisotopic (exact) mass is 377 g/mol. The molecule has 144 valence electrons. The third-order valence-corrected chi connectivity index (χ3v) is 7.03. The summed E-state index contributed by atoms with van der Waals surface area (Å²) in [5, 5.41) is 3.75. The highest BCUT2D eigenvalue weighted by molar-refractivity contribution is 7.17. The summed E-state index contributed by atoms with van der Waals surface area (Å²) in [5.74, 6) is 0.416. The number of nitrogens with one attached hydrogen (secondary N) is 1. The second-order valence-electron chi connectivity index (χ2n) is 7.70. The molecule has 4 nitrogen and oxygen atoms in total. The van der Waals surface area contributed by atoms with Crippen LogP contribution in [0.1, 0.15) is 91.4 Å². The van der Waals surface area contributed by atoms with Crippen molar-refractivity contribution in [1.29, 1.82) is 0 Å². The van der Waals surface area contributed by atoms with Gasteiger partial charge in [-0.15, -0.1) is 11.3 Å². The van der Waals surface area contributed by atoms with E-state index in [2.05, 4.69) is 5.32 Å². The van der Waals surface area contributed by atoms with Gasteiger partial charge in [0.25, 0.3) is 0 Å². The molecule has 2 aliphatic rings. The van der Waals surface area contributed by atoms with Crippen LogP contribution >= 0.6 is 11.3 Å². The van der Waals surface area contributed by atoms with Crippen LogP contribution in [0.15, 0.2) is 0 Å². The summed E-state index contributed by atoms with van der Waals surface area (Å²) in [6, 6.07) is 0. The van der Waals surface area contributed by atoms with Crippen LogP contribution in [0.5, 0.6) is 0 Å². The number of esters is 1. The van der Waals surface area contributed by atoms with Gasteiger partial charge >= 0.3 is 5.97 Å². The third kappa shape index (κ3) is 4.87. The van der Waals surface area contributed by atoms with E-state index in [9.17, 15) is 9.59 Å². The second kappa shape index (κ2) is 9.54. The van der Waals surface area contributed by atoms with Crippen LogP contribution in [-0.4, -0.2) is 19.0 Å². The number of amides is 1.